The third kappa shape index (κ3) is 3.97. The molecule has 0 saturated carbocycles. The maximum atomic E-state index is 12.0. The molecule has 6 heteroatoms. The second-order valence-electron chi connectivity index (χ2n) is 4.12. The first-order chi connectivity index (χ1) is 10.1. The zero-order chi connectivity index (χ0) is 15.2. The van der Waals surface area contributed by atoms with Gasteiger partial charge in [-0.15, -0.1) is 0 Å². The van der Waals surface area contributed by atoms with Crippen LogP contribution < -0.4 is 15.4 Å². The van der Waals surface area contributed by atoms with E-state index in [1.54, 1.807) is 49.6 Å². The highest BCUT2D eigenvalue weighted by Gasteiger charge is 2.07. The van der Waals surface area contributed by atoms with Crippen molar-refractivity contribution >= 4 is 33.3 Å². The Morgan fingerprint density at radius 2 is 2.05 bits per heavy atom. The van der Waals surface area contributed by atoms with E-state index in [1.807, 2.05) is 6.07 Å². The number of urea groups is 1. The summed E-state index contributed by atoms with van der Waals surface area (Å²) in [6, 6.07) is 13.6. The van der Waals surface area contributed by atoms with Crippen molar-refractivity contribution in [2.75, 3.05) is 17.7 Å². The number of benzene rings is 2. The fourth-order valence-corrected chi connectivity index (χ4v) is 2.02. The Balaban J connectivity index is 2.10. The fraction of sp³-hybridized carbons (Fsp3) is 0.0667. The molecule has 0 aliphatic heterocycles. The predicted octanol–water partition coefficient (Wildman–Crippen LogP) is 3.97. The first kappa shape index (κ1) is 14.9. The van der Waals surface area contributed by atoms with Crippen molar-refractivity contribution in [3.8, 4) is 11.8 Å². The van der Waals surface area contributed by atoms with Crippen LogP contribution in [0, 0.1) is 11.3 Å². The summed E-state index contributed by atoms with van der Waals surface area (Å²) in [6.45, 7) is 0. The van der Waals surface area contributed by atoms with Crippen LogP contribution in [0.3, 0.4) is 0 Å². The van der Waals surface area contributed by atoms with Crippen LogP contribution >= 0.6 is 15.9 Å². The number of nitrogens with one attached hydrogen (secondary N) is 2. The number of halogens is 1. The summed E-state index contributed by atoms with van der Waals surface area (Å²) in [4.78, 5) is 12.0. The average Bonchev–Trinajstić information content (AvgIpc) is 2.49. The molecule has 0 spiro atoms. The highest BCUT2D eigenvalue weighted by atomic mass is 79.9. The van der Waals surface area contributed by atoms with Gasteiger partial charge >= 0.3 is 6.03 Å². The number of anilines is 2. The van der Waals surface area contributed by atoms with Crippen LogP contribution in [0.5, 0.6) is 5.75 Å². The zero-order valence-corrected chi connectivity index (χ0v) is 12.8. The first-order valence-corrected chi connectivity index (χ1v) is 6.83. The molecular weight excluding hydrogens is 334 g/mol. The largest absolute Gasteiger partial charge is 0.497 e. The molecule has 0 aliphatic carbocycles. The summed E-state index contributed by atoms with van der Waals surface area (Å²) in [5.74, 6) is 0.639. The number of nitrogens with zero attached hydrogens (tertiary/aromatic N) is 1. The van der Waals surface area contributed by atoms with Crippen LogP contribution in [0.1, 0.15) is 5.56 Å². The number of hydrogen-bond acceptors (Lipinski definition) is 3. The van der Waals surface area contributed by atoms with Crippen LogP contribution in [-0.4, -0.2) is 13.1 Å². The van der Waals surface area contributed by atoms with Gasteiger partial charge in [0.25, 0.3) is 0 Å². The van der Waals surface area contributed by atoms with Crippen LogP contribution in [0.25, 0.3) is 0 Å². The Kier molecular flexibility index (Phi) is 4.80. The summed E-state index contributed by atoms with van der Waals surface area (Å²) < 4.78 is 5.85. The van der Waals surface area contributed by atoms with Crippen molar-refractivity contribution in [3.05, 3.63) is 52.5 Å². The van der Waals surface area contributed by atoms with Crippen molar-refractivity contribution < 1.29 is 9.53 Å². The summed E-state index contributed by atoms with van der Waals surface area (Å²) in [7, 11) is 1.56. The quantitative estimate of drug-likeness (QED) is 0.883. The number of carbonyl (C=O) groups is 1. The highest BCUT2D eigenvalue weighted by Crippen LogP contribution is 2.27. The van der Waals surface area contributed by atoms with Gasteiger partial charge in [-0.05, 0) is 46.3 Å². The molecule has 2 aromatic carbocycles. The molecule has 2 aromatic rings. The monoisotopic (exact) mass is 345 g/mol. The lowest BCUT2D eigenvalue weighted by atomic mass is 10.2. The standard InChI is InChI=1S/C15H12BrN3O2/c1-21-12-5-6-13(16)14(8-12)19-15(20)18-11-4-2-3-10(7-11)9-17/h2-8H,1H3,(H2,18,19,20). The van der Waals surface area contributed by atoms with Gasteiger partial charge in [0.15, 0.2) is 0 Å². The van der Waals surface area contributed by atoms with Gasteiger partial charge in [-0.1, -0.05) is 6.07 Å². The smallest absolute Gasteiger partial charge is 0.323 e. The van der Waals surface area contributed by atoms with Crippen LogP contribution in [0.15, 0.2) is 46.9 Å². The summed E-state index contributed by atoms with van der Waals surface area (Å²) in [5.41, 5.74) is 1.62. The molecule has 0 atom stereocenters. The highest BCUT2D eigenvalue weighted by molar-refractivity contribution is 9.10. The number of ether oxygens (including phenoxy) is 1. The lowest BCUT2D eigenvalue weighted by molar-refractivity contribution is 0.262. The van der Waals surface area contributed by atoms with E-state index in [-0.39, 0.29) is 0 Å². The molecule has 21 heavy (non-hydrogen) atoms. The van der Waals surface area contributed by atoms with Crippen molar-refractivity contribution in [1.82, 2.24) is 0 Å². The van der Waals surface area contributed by atoms with Crippen molar-refractivity contribution in [2.24, 2.45) is 0 Å². The number of amides is 2. The fourth-order valence-electron chi connectivity index (χ4n) is 1.68. The maximum absolute atomic E-state index is 12.0. The second-order valence-corrected chi connectivity index (χ2v) is 4.97. The van der Waals surface area contributed by atoms with E-state index in [2.05, 4.69) is 26.6 Å². The Morgan fingerprint density at radius 3 is 2.76 bits per heavy atom. The third-order valence-electron chi connectivity index (χ3n) is 2.67. The minimum Gasteiger partial charge on any atom is -0.497 e. The molecule has 0 aliphatic rings. The molecular formula is C15H12BrN3O2. The zero-order valence-electron chi connectivity index (χ0n) is 11.2. The molecule has 2 amide bonds. The van der Waals surface area contributed by atoms with E-state index in [1.165, 1.54) is 0 Å². The van der Waals surface area contributed by atoms with E-state index in [9.17, 15) is 4.79 Å². The minimum atomic E-state index is -0.404. The Bertz CT molecular complexity index is 710. The van der Waals surface area contributed by atoms with E-state index in [0.29, 0.717) is 22.7 Å². The maximum Gasteiger partial charge on any atom is 0.323 e. The normalized spacial score (nSPS) is 9.57. The van der Waals surface area contributed by atoms with E-state index in [0.717, 1.165) is 4.47 Å². The number of nitriles is 1. The van der Waals surface area contributed by atoms with Gasteiger partial charge in [0.2, 0.25) is 0 Å². The lowest BCUT2D eigenvalue weighted by Crippen LogP contribution is -2.19. The van der Waals surface area contributed by atoms with Crippen molar-refractivity contribution in [3.63, 3.8) is 0 Å². The average molecular weight is 346 g/mol. The van der Waals surface area contributed by atoms with Crippen LogP contribution in [-0.2, 0) is 0 Å². The van der Waals surface area contributed by atoms with Gasteiger partial charge in [0, 0.05) is 16.2 Å². The van der Waals surface area contributed by atoms with Crippen LogP contribution in [0.4, 0.5) is 16.2 Å². The molecule has 0 aromatic heterocycles. The minimum absolute atomic E-state index is 0.404. The molecule has 2 rings (SSSR count). The molecule has 0 unspecified atom stereocenters. The number of rotatable bonds is 3. The van der Waals surface area contributed by atoms with E-state index in [4.69, 9.17) is 10.00 Å². The Labute approximate surface area is 130 Å². The summed E-state index contributed by atoms with van der Waals surface area (Å²) in [5, 5.41) is 14.2. The molecule has 0 fully saturated rings. The first-order valence-electron chi connectivity index (χ1n) is 6.04. The molecule has 0 bridgehead atoms. The summed E-state index contributed by atoms with van der Waals surface area (Å²) in [6.07, 6.45) is 0. The van der Waals surface area contributed by atoms with E-state index >= 15 is 0 Å². The molecule has 5 nitrogen and oxygen atoms in total. The van der Waals surface area contributed by atoms with Gasteiger partial charge in [0.1, 0.15) is 5.75 Å². The SMILES string of the molecule is COc1ccc(Br)c(NC(=O)Nc2cccc(C#N)c2)c1. The molecule has 0 heterocycles. The molecule has 106 valence electrons. The van der Waals surface area contributed by atoms with E-state index < -0.39 is 6.03 Å². The topological polar surface area (TPSA) is 74.2 Å². The Hall–Kier alpha value is -2.52. The third-order valence-corrected chi connectivity index (χ3v) is 3.36. The predicted molar refractivity (Wildman–Crippen MR) is 84.5 cm³/mol. The second kappa shape index (κ2) is 6.77. The van der Waals surface area contributed by atoms with Crippen molar-refractivity contribution in [1.29, 1.82) is 5.26 Å². The van der Waals surface area contributed by atoms with Crippen LogP contribution in [0.2, 0.25) is 0 Å². The summed E-state index contributed by atoms with van der Waals surface area (Å²) >= 11 is 3.36. The van der Waals surface area contributed by atoms with Gasteiger partial charge in [-0.2, -0.15) is 5.26 Å². The van der Waals surface area contributed by atoms with Gasteiger partial charge in [0.05, 0.1) is 24.4 Å². The number of methoxy groups -OCH3 is 1. The van der Waals surface area contributed by atoms with Crippen molar-refractivity contribution in [2.45, 2.75) is 0 Å². The molecule has 2 N–H and O–H groups in total. The number of carbonyl (C=O) groups excluding carboxylic acids is 1. The van der Waals surface area contributed by atoms with Gasteiger partial charge < -0.3 is 15.4 Å². The lowest BCUT2D eigenvalue weighted by Gasteiger charge is -2.10. The molecule has 0 radical (unpaired) electrons. The van der Waals surface area contributed by atoms with Gasteiger partial charge in [-0.25, -0.2) is 4.79 Å². The Morgan fingerprint density at radius 1 is 1.24 bits per heavy atom. The van der Waals surface area contributed by atoms with Gasteiger partial charge in [-0.3, -0.25) is 0 Å². The number of hydrogen-bond donors (Lipinski definition) is 2. The molecule has 0 saturated heterocycles.